The molecule has 1 aromatic carbocycles. The summed E-state index contributed by atoms with van der Waals surface area (Å²) in [6, 6.07) is 12.6. The maximum atomic E-state index is 6.03. The quantitative estimate of drug-likeness (QED) is 0.516. The summed E-state index contributed by atoms with van der Waals surface area (Å²) in [5, 5.41) is 6.70. The third-order valence-corrected chi connectivity index (χ3v) is 4.74. The fourth-order valence-electron chi connectivity index (χ4n) is 3.21. The second kappa shape index (κ2) is 11.5. The predicted octanol–water partition coefficient (Wildman–Crippen LogP) is 2.94. The van der Waals surface area contributed by atoms with E-state index in [2.05, 4.69) is 58.8 Å². The number of nitrogens with one attached hydrogen (secondary N) is 2. The van der Waals surface area contributed by atoms with E-state index in [9.17, 15) is 0 Å². The molecule has 0 radical (unpaired) electrons. The molecule has 0 unspecified atom stereocenters. The smallest absolute Gasteiger partial charge is 0.191 e. The molecular weight excluding hydrogens is 352 g/mol. The van der Waals surface area contributed by atoms with Gasteiger partial charge in [0, 0.05) is 45.2 Å². The van der Waals surface area contributed by atoms with Gasteiger partial charge in [-0.2, -0.15) is 0 Å². The van der Waals surface area contributed by atoms with Gasteiger partial charge < -0.3 is 24.7 Å². The molecule has 2 heterocycles. The lowest BCUT2D eigenvalue weighted by molar-refractivity contribution is -0.0390. The molecule has 6 heteroatoms. The van der Waals surface area contributed by atoms with Crippen molar-refractivity contribution < 1.29 is 9.47 Å². The molecule has 0 amide bonds. The molecule has 0 spiro atoms. The molecule has 3 rings (SSSR count). The van der Waals surface area contributed by atoms with Crippen molar-refractivity contribution in [2.45, 2.75) is 45.6 Å². The van der Waals surface area contributed by atoms with Gasteiger partial charge in [-0.1, -0.05) is 24.3 Å². The van der Waals surface area contributed by atoms with E-state index in [4.69, 9.17) is 14.5 Å². The SMILES string of the molecule is CCNC(=NCc1cccc(COC2CCOCC2)c1)NCCn1cccc1. The number of nitrogens with zero attached hydrogens (tertiary/aromatic N) is 2. The Morgan fingerprint density at radius 1 is 1.14 bits per heavy atom. The minimum Gasteiger partial charge on any atom is -0.381 e. The molecule has 0 atom stereocenters. The van der Waals surface area contributed by atoms with Gasteiger partial charge in [0.2, 0.25) is 0 Å². The van der Waals surface area contributed by atoms with Crippen LogP contribution < -0.4 is 10.6 Å². The highest BCUT2D eigenvalue weighted by molar-refractivity contribution is 5.79. The highest BCUT2D eigenvalue weighted by Gasteiger charge is 2.14. The van der Waals surface area contributed by atoms with E-state index >= 15 is 0 Å². The molecule has 2 N–H and O–H groups in total. The zero-order chi connectivity index (χ0) is 19.4. The summed E-state index contributed by atoms with van der Waals surface area (Å²) >= 11 is 0. The van der Waals surface area contributed by atoms with Gasteiger partial charge in [-0.05, 0) is 43.0 Å². The van der Waals surface area contributed by atoms with E-state index < -0.39 is 0 Å². The molecule has 0 saturated carbocycles. The van der Waals surface area contributed by atoms with E-state index in [1.807, 2.05) is 12.1 Å². The van der Waals surface area contributed by atoms with Crippen molar-refractivity contribution in [3.63, 3.8) is 0 Å². The van der Waals surface area contributed by atoms with Crippen LogP contribution in [-0.2, 0) is 29.2 Å². The first-order valence-electron chi connectivity index (χ1n) is 10.2. The normalized spacial score (nSPS) is 15.5. The Labute approximate surface area is 168 Å². The lowest BCUT2D eigenvalue weighted by atomic mass is 10.1. The Kier molecular flexibility index (Phi) is 8.40. The molecule has 2 aromatic rings. The fourth-order valence-corrected chi connectivity index (χ4v) is 3.21. The first-order valence-corrected chi connectivity index (χ1v) is 10.2. The summed E-state index contributed by atoms with van der Waals surface area (Å²) in [5.74, 6) is 0.846. The minimum atomic E-state index is 0.320. The summed E-state index contributed by atoms with van der Waals surface area (Å²) in [7, 11) is 0. The van der Waals surface area contributed by atoms with Crippen LogP contribution in [0.3, 0.4) is 0 Å². The molecule has 1 aliphatic heterocycles. The van der Waals surface area contributed by atoms with Gasteiger partial charge in [0.1, 0.15) is 0 Å². The molecule has 0 aliphatic carbocycles. The lowest BCUT2D eigenvalue weighted by Gasteiger charge is -2.22. The number of aliphatic imine (C=N–C) groups is 1. The predicted molar refractivity (Wildman–Crippen MR) is 112 cm³/mol. The number of ether oxygens (including phenoxy) is 2. The first kappa shape index (κ1) is 20.4. The van der Waals surface area contributed by atoms with Crippen LogP contribution in [-0.4, -0.2) is 42.9 Å². The highest BCUT2D eigenvalue weighted by atomic mass is 16.5. The summed E-state index contributed by atoms with van der Waals surface area (Å²) in [6.45, 7) is 7.58. The van der Waals surface area contributed by atoms with Crippen LogP contribution in [0.2, 0.25) is 0 Å². The molecule has 1 saturated heterocycles. The number of aromatic nitrogens is 1. The standard InChI is InChI=1S/C22H32N4O2/c1-2-23-22(24-10-13-26-11-3-4-12-26)25-17-19-6-5-7-20(16-19)18-28-21-8-14-27-15-9-21/h3-7,11-12,16,21H,2,8-10,13-15,17-18H2,1H3,(H2,23,24,25). The van der Waals surface area contributed by atoms with Crippen LogP contribution in [0.25, 0.3) is 0 Å². The number of hydrogen-bond donors (Lipinski definition) is 2. The van der Waals surface area contributed by atoms with Gasteiger partial charge in [-0.3, -0.25) is 0 Å². The Morgan fingerprint density at radius 3 is 2.71 bits per heavy atom. The van der Waals surface area contributed by atoms with Crippen molar-refractivity contribution in [2.24, 2.45) is 4.99 Å². The van der Waals surface area contributed by atoms with Gasteiger partial charge in [0.15, 0.2) is 5.96 Å². The van der Waals surface area contributed by atoms with Gasteiger partial charge in [-0.15, -0.1) is 0 Å². The van der Waals surface area contributed by atoms with E-state index in [1.165, 1.54) is 11.1 Å². The zero-order valence-electron chi connectivity index (χ0n) is 16.8. The topological polar surface area (TPSA) is 59.8 Å². The van der Waals surface area contributed by atoms with Crippen LogP contribution in [0, 0.1) is 0 Å². The first-order chi connectivity index (χ1) is 13.8. The fraction of sp³-hybridized carbons (Fsp3) is 0.500. The number of rotatable bonds is 9. The maximum absolute atomic E-state index is 6.03. The van der Waals surface area contributed by atoms with E-state index in [0.717, 1.165) is 51.6 Å². The molecule has 1 aromatic heterocycles. The molecule has 152 valence electrons. The highest BCUT2D eigenvalue weighted by Crippen LogP contribution is 2.14. The summed E-state index contributed by atoms with van der Waals surface area (Å²) in [6.07, 6.45) is 6.44. The average Bonchev–Trinajstić information content (AvgIpc) is 3.25. The molecule has 6 nitrogen and oxygen atoms in total. The molecule has 28 heavy (non-hydrogen) atoms. The number of hydrogen-bond acceptors (Lipinski definition) is 3. The summed E-state index contributed by atoms with van der Waals surface area (Å²) < 4.78 is 13.6. The van der Waals surface area contributed by atoms with Crippen LogP contribution >= 0.6 is 0 Å². The van der Waals surface area contributed by atoms with Crippen molar-refractivity contribution in [2.75, 3.05) is 26.3 Å². The van der Waals surface area contributed by atoms with Gasteiger partial charge in [-0.25, -0.2) is 4.99 Å². The second-order valence-corrected chi connectivity index (χ2v) is 6.99. The van der Waals surface area contributed by atoms with Crippen LogP contribution in [0.4, 0.5) is 0 Å². The van der Waals surface area contributed by atoms with Gasteiger partial charge in [0.25, 0.3) is 0 Å². The lowest BCUT2D eigenvalue weighted by Crippen LogP contribution is -2.38. The Bertz CT molecular complexity index is 709. The van der Waals surface area contributed by atoms with Crippen molar-refractivity contribution in [3.8, 4) is 0 Å². The van der Waals surface area contributed by atoms with E-state index in [-0.39, 0.29) is 0 Å². The number of benzene rings is 1. The Morgan fingerprint density at radius 2 is 1.93 bits per heavy atom. The Hall–Kier alpha value is -2.31. The molecule has 1 fully saturated rings. The van der Waals surface area contributed by atoms with Crippen LogP contribution in [0.5, 0.6) is 0 Å². The van der Waals surface area contributed by atoms with Gasteiger partial charge >= 0.3 is 0 Å². The van der Waals surface area contributed by atoms with Crippen LogP contribution in [0.1, 0.15) is 30.9 Å². The van der Waals surface area contributed by atoms with E-state index in [0.29, 0.717) is 19.3 Å². The minimum absolute atomic E-state index is 0.320. The maximum Gasteiger partial charge on any atom is 0.191 e. The largest absolute Gasteiger partial charge is 0.381 e. The average molecular weight is 385 g/mol. The van der Waals surface area contributed by atoms with Crippen LogP contribution in [0.15, 0.2) is 53.8 Å². The third-order valence-electron chi connectivity index (χ3n) is 4.74. The van der Waals surface area contributed by atoms with E-state index in [1.54, 1.807) is 0 Å². The molecular formula is C22H32N4O2. The molecule has 1 aliphatic rings. The monoisotopic (exact) mass is 384 g/mol. The second-order valence-electron chi connectivity index (χ2n) is 6.99. The Balaban J connectivity index is 1.48. The number of guanidine groups is 1. The van der Waals surface area contributed by atoms with Crippen molar-refractivity contribution >= 4 is 5.96 Å². The van der Waals surface area contributed by atoms with Crippen molar-refractivity contribution in [1.29, 1.82) is 0 Å². The van der Waals surface area contributed by atoms with Crippen molar-refractivity contribution in [1.82, 2.24) is 15.2 Å². The summed E-state index contributed by atoms with van der Waals surface area (Å²) in [5.41, 5.74) is 2.39. The van der Waals surface area contributed by atoms with Crippen molar-refractivity contribution in [3.05, 3.63) is 59.9 Å². The zero-order valence-corrected chi connectivity index (χ0v) is 16.8. The third kappa shape index (κ3) is 7.02. The summed E-state index contributed by atoms with van der Waals surface area (Å²) in [4.78, 5) is 4.72. The molecule has 0 bridgehead atoms. The van der Waals surface area contributed by atoms with Gasteiger partial charge in [0.05, 0.1) is 19.3 Å².